The van der Waals surface area contributed by atoms with Gasteiger partial charge in [-0.15, -0.1) is 0 Å². The van der Waals surface area contributed by atoms with Crippen LogP contribution < -0.4 is 18.9 Å². The lowest BCUT2D eigenvalue weighted by Gasteiger charge is -2.59. The van der Waals surface area contributed by atoms with E-state index in [0.717, 1.165) is 24.0 Å². The Morgan fingerprint density at radius 1 is 0.853 bits per heavy atom. The number of hydrogen-bond donors (Lipinski definition) is 1. The Morgan fingerprint density at radius 2 is 1.35 bits per heavy atom. The smallest absolute Gasteiger partial charge is 0.161 e. The van der Waals surface area contributed by atoms with Crippen molar-refractivity contribution in [3.05, 3.63) is 46.5 Å². The van der Waals surface area contributed by atoms with Crippen LogP contribution in [-0.4, -0.2) is 75.1 Å². The minimum Gasteiger partial charge on any atom is -0.493 e. The lowest BCUT2D eigenvalue weighted by molar-refractivity contribution is -0.0813. The number of piperazine rings is 1. The standard InChI is InChI=1S/C26H31N3O5/c1-28-18-6-15-9-23(32-3)25(34-5)11-17(15)26(28)19-7-14-8-22(31-2)24(33-4)10-16(14)21(13-30)29(19)20(18)12-27/h8-11,18-21,26,30H,6-7,13H2,1-5H3/t18-,19-,20-,21?,26+/m0/s1. The predicted octanol–water partition coefficient (Wildman–Crippen LogP) is 2.48. The number of aliphatic hydroxyl groups excluding tert-OH is 1. The van der Waals surface area contributed by atoms with Crippen molar-refractivity contribution in [2.75, 3.05) is 42.1 Å². The normalized spacial score (nSPS) is 27.6. The zero-order valence-electron chi connectivity index (χ0n) is 20.2. The Bertz CT molecular complexity index is 1150. The van der Waals surface area contributed by atoms with Gasteiger partial charge in [-0.05, 0) is 66.4 Å². The number of likely N-dealkylation sites (N-methyl/N-ethyl adjacent to an activating group) is 1. The van der Waals surface area contributed by atoms with Crippen LogP contribution in [-0.2, 0) is 12.8 Å². The largest absolute Gasteiger partial charge is 0.493 e. The van der Waals surface area contributed by atoms with Crippen molar-refractivity contribution in [3.8, 4) is 29.1 Å². The minimum absolute atomic E-state index is 0.00686. The van der Waals surface area contributed by atoms with Crippen molar-refractivity contribution >= 4 is 0 Å². The van der Waals surface area contributed by atoms with E-state index in [1.807, 2.05) is 12.1 Å². The predicted molar refractivity (Wildman–Crippen MR) is 126 cm³/mol. The monoisotopic (exact) mass is 465 g/mol. The van der Waals surface area contributed by atoms with Crippen LogP contribution in [0.5, 0.6) is 23.0 Å². The summed E-state index contributed by atoms with van der Waals surface area (Å²) in [5.41, 5.74) is 4.47. The number of rotatable bonds is 5. The molecule has 0 spiro atoms. The number of benzene rings is 2. The first kappa shape index (κ1) is 22.8. The molecule has 2 aromatic carbocycles. The molecule has 3 aliphatic heterocycles. The molecule has 0 amide bonds. The number of aliphatic hydroxyl groups is 1. The Kier molecular flexibility index (Phi) is 5.80. The fourth-order valence-corrected chi connectivity index (χ4v) is 6.36. The van der Waals surface area contributed by atoms with Gasteiger partial charge in [0, 0.05) is 12.1 Å². The molecule has 1 N–H and O–H groups in total. The molecule has 0 saturated carbocycles. The molecule has 180 valence electrons. The van der Waals surface area contributed by atoms with Crippen molar-refractivity contribution in [2.24, 2.45) is 0 Å². The number of nitriles is 1. The maximum absolute atomic E-state index is 10.6. The summed E-state index contributed by atoms with van der Waals surface area (Å²) in [4.78, 5) is 4.58. The molecule has 1 unspecified atom stereocenters. The second-order valence-electron chi connectivity index (χ2n) is 9.18. The number of ether oxygens (including phenoxy) is 4. The lowest BCUT2D eigenvalue weighted by Crippen LogP contribution is -2.68. The highest BCUT2D eigenvalue weighted by atomic mass is 16.5. The van der Waals surface area contributed by atoms with Gasteiger partial charge in [-0.3, -0.25) is 9.80 Å². The Morgan fingerprint density at radius 3 is 1.88 bits per heavy atom. The number of methoxy groups -OCH3 is 4. The third-order valence-electron chi connectivity index (χ3n) is 7.89. The van der Waals surface area contributed by atoms with E-state index >= 15 is 0 Å². The molecular weight excluding hydrogens is 434 g/mol. The summed E-state index contributed by atoms with van der Waals surface area (Å²) in [7, 11) is 8.64. The zero-order chi connectivity index (χ0) is 24.1. The lowest BCUT2D eigenvalue weighted by atomic mass is 9.73. The molecule has 2 aromatic rings. The molecule has 8 nitrogen and oxygen atoms in total. The number of fused-ring (bicyclic) bond motifs is 7. The third-order valence-corrected chi connectivity index (χ3v) is 7.89. The van der Waals surface area contributed by atoms with Gasteiger partial charge in [-0.2, -0.15) is 5.26 Å². The van der Waals surface area contributed by atoms with E-state index in [0.29, 0.717) is 23.0 Å². The van der Waals surface area contributed by atoms with E-state index in [1.54, 1.807) is 28.4 Å². The SMILES string of the molecule is COc1cc2c(cc1OC)C(CO)N1[C@@H](C#N)[C@@H]3Cc4cc(OC)c(OC)cc4[C@H]([C@@H]1C2)N3C. The van der Waals surface area contributed by atoms with Crippen molar-refractivity contribution < 1.29 is 24.1 Å². The van der Waals surface area contributed by atoms with Gasteiger partial charge in [0.25, 0.3) is 0 Å². The number of nitrogens with zero attached hydrogens (tertiary/aromatic N) is 3. The second-order valence-corrected chi connectivity index (χ2v) is 9.18. The van der Waals surface area contributed by atoms with Gasteiger partial charge in [0.15, 0.2) is 23.0 Å². The van der Waals surface area contributed by atoms with Gasteiger partial charge in [-0.25, -0.2) is 0 Å². The fraction of sp³-hybridized carbons (Fsp3) is 0.500. The van der Waals surface area contributed by atoms with Crippen LogP contribution in [0, 0.1) is 11.3 Å². The van der Waals surface area contributed by atoms with E-state index in [4.69, 9.17) is 18.9 Å². The van der Waals surface area contributed by atoms with Crippen LogP contribution >= 0.6 is 0 Å². The van der Waals surface area contributed by atoms with Gasteiger partial charge >= 0.3 is 0 Å². The summed E-state index contributed by atoms with van der Waals surface area (Å²) in [6.45, 7) is -0.0842. The Labute approximate surface area is 200 Å². The highest BCUT2D eigenvalue weighted by molar-refractivity contribution is 5.53. The van der Waals surface area contributed by atoms with E-state index < -0.39 is 0 Å². The van der Waals surface area contributed by atoms with Crippen molar-refractivity contribution in [3.63, 3.8) is 0 Å². The molecular formula is C26H31N3O5. The molecule has 3 aliphatic rings. The van der Waals surface area contributed by atoms with Crippen LogP contribution in [0.15, 0.2) is 24.3 Å². The summed E-state index contributed by atoms with van der Waals surface area (Å²) in [5.74, 6) is 2.69. The molecule has 34 heavy (non-hydrogen) atoms. The fourth-order valence-electron chi connectivity index (χ4n) is 6.36. The van der Waals surface area contributed by atoms with Gasteiger partial charge in [0.1, 0.15) is 6.04 Å². The summed E-state index contributed by atoms with van der Waals surface area (Å²) in [5, 5.41) is 20.9. The summed E-state index contributed by atoms with van der Waals surface area (Å²) in [6.07, 6.45) is 1.45. The van der Waals surface area contributed by atoms with E-state index in [9.17, 15) is 10.4 Å². The highest BCUT2D eigenvalue weighted by Gasteiger charge is 2.54. The average Bonchev–Trinajstić information content (AvgIpc) is 2.86. The topological polar surface area (TPSA) is 87.4 Å². The van der Waals surface area contributed by atoms with Crippen LogP contribution in [0.25, 0.3) is 0 Å². The molecule has 0 aromatic heterocycles. The number of hydrogen-bond acceptors (Lipinski definition) is 8. The highest BCUT2D eigenvalue weighted by Crippen LogP contribution is 2.52. The molecule has 1 saturated heterocycles. The van der Waals surface area contributed by atoms with Gasteiger partial charge in [0.2, 0.25) is 0 Å². The quantitative estimate of drug-likeness (QED) is 0.721. The van der Waals surface area contributed by atoms with E-state index in [2.05, 4.69) is 35.0 Å². The molecule has 0 aliphatic carbocycles. The van der Waals surface area contributed by atoms with Gasteiger partial charge in [0.05, 0.1) is 53.2 Å². The second kappa shape index (κ2) is 8.66. The van der Waals surface area contributed by atoms with E-state index in [-0.39, 0.29) is 36.8 Å². The molecule has 5 rings (SSSR count). The summed E-state index contributed by atoms with van der Waals surface area (Å²) < 4.78 is 22.3. The molecule has 8 heteroatoms. The van der Waals surface area contributed by atoms with Crippen molar-refractivity contribution in [1.29, 1.82) is 5.26 Å². The molecule has 0 radical (unpaired) electrons. The maximum atomic E-state index is 10.6. The molecule has 1 fully saturated rings. The van der Waals surface area contributed by atoms with Crippen LogP contribution in [0.2, 0.25) is 0 Å². The van der Waals surface area contributed by atoms with Gasteiger partial charge < -0.3 is 24.1 Å². The first-order valence-corrected chi connectivity index (χ1v) is 11.5. The summed E-state index contributed by atoms with van der Waals surface area (Å²) >= 11 is 0. The maximum Gasteiger partial charge on any atom is 0.161 e. The van der Waals surface area contributed by atoms with Gasteiger partial charge in [-0.1, -0.05) is 0 Å². The molecule has 3 heterocycles. The minimum atomic E-state index is -0.370. The first-order valence-electron chi connectivity index (χ1n) is 11.5. The van der Waals surface area contributed by atoms with Crippen LogP contribution in [0.3, 0.4) is 0 Å². The van der Waals surface area contributed by atoms with Crippen LogP contribution in [0.1, 0.15) is 34.3 Å². The van der Waals surface area contributed by atoms with Crippen molar-refractivity contribution in [1.82, 2.24) is 9.80 Å². The summed E-state index contributed by atoms with van der Waals surface area (Å²) in [6, 6.07) is 10.0. The van der Waals surface area contributed by atoms with Crippen LogP contribution in [0.4, 0.5) is 0 Å². The third kappa shape index (κ3) is 3.15. The van der Waals surface area contributed by atoms with E-state index in [1.165, 1.54) is 11.1 Å². The Balaban J connectivity index is 1.70. The zero-order valence-corrected chi connectivity index (χ0v) is 20.2. The first-order chi connectivity index (χ1) is 16.5. The Hall–Kier alpha value is -2.99. The van der Waals surface area contributed by atoms with Crippen molar-refractivity contribution in [2.45, 2.75) is 43.1 Å². The molecule has 5 atom stereocenters. The molecule has 2 bridgehead atoms. The average molecular weight is 466 g/mol.